The summed E-state index contributed by atoms with van der Waals surface area (Å²) in [5, 5.41) is 26.1. The number of nitrogens with zero attached hydrogens (tertiary/aromatic N) is 1. The van der Waals surface area contributed by atoms with Gasteiger partial charge in [0.15, 0.2) is 5.78 Å². The molecule has 6 atom stereocenters. The van der Waals surface area contributed by atoms with Gasteiger partial charge in [-0.3, -0.25) is 4.79 Å². The number of phenols is 1. The molecular weight excluding hydrogens is 410 g/mol. The monoisotopic (exact) mass is 431 g/mol. The summed E-state index contributed by atoms with van der Waals surface area (Å²) >= 11 is 6.26. The van der Waals surface area contributed by atoms with Crippen LogP contribution in [0.25, 0.3) is 0 Å². The maximum Gasteiger partial charge on any atom is 0.354 e. The highest BCUT2D eigenvalue weighted by molar-refractivity contribution is 6.35. The Morgan fingerprint density at radius 1 is 1.27 bits per heavy atom. The predicted octanol–water partition coefficient (Wildman–Crippen LogP) is 2.76. The number of ether oxygens (including phenoxy) is 1. The van der Waals surface area contributed by atoms with Crippen LogP contribution in [0.2, 0.25) is 5.02 Å². The molecule has 1 aromatic carbocycles. The molecule has 8 heteroatoms. The normalized spacial score (nSPS) is 41.9. The van der Waals surface area contributed by atoms with Gasteiger partial charge in [0.1, 0.15) is 22.9 Å². The van der Waals surface area contributed by atoms with E-state index in [4.69, 9.17) is 21.2 Å². The lowest BCUT2D eigenvalue weighted by Crippen LogP contribution is -2.57. The number of aliphatic hydroxyl groups is 1. The number of halogens is 1. The number of hydrogen-bond donors (Lipinski definition) is 2. The van der Waals surface area contributed by atoms with Crippen molar-refractivity contribution in [3.63, 3.8) is 0 Å². The van der Waals surface area contributed by atoms with Crippen LogP contribution in [0.15, 0.2) is 35.5 Å². The third kappa shape index (κ3) is 2.17. The van der Waals surface area contributed by atoms with Gasteiger partial charge in [0.2, 0.25) is 5.60 Å². The molecule has 1 saturated carbocycles. The van der Waals surface area contributed by atoms with Crippen LogP contribution >= 0.6 is 11.6 Å². The van der Waals surface area contributed by atoms with E-state index < -0.39 is 34.6 Å². The van der Waals surface area contributed by atoms with Crippen molar-refractivity contribution in [2.24, 2.45) is 22.4 Å². The lowest BCUT2D eigenvalue weighted by atomic mass is 9.63. The molecule has 2 heterocycles. The molecule has 2 fully saturated rings. The molecule has 1 spiro atoms. The van der Waals surface area contributed by atoms with Gasteiger partial charge in [0.25, 0.3) is 0 Å². The fourth-order valence-electron chi connectivity index (χ4n) is 5.73. The van der Waals surface area contributed by atoms with Gasteiger partial charge in [-0.1, -0.05) is 29.7 Å². The van der Waals surface area contributed by atoms with Crippen molar-refractivity contribution in [3.05, 3.63) is 40.9 Å². The second-order valence-electron chi connectivity index (χ2n) is 8.97. The third-order valence-corrected chi connectivity index (χ3v) is 7.95. The number of esters is 1. The summed E-state index contributed by atoms with van der Waals surface area (Å²) < 4.78 is 5.78. The number of hydrogen-bond acceptors (Lipinski definition) is 7. The lowest BCUT2D eigenvalue weighted by Gasteiger charge is -2.43. The molecule has 2 aliphatic carbocycles. The smallest absolute Gasteiger partial charge is 0.354 e. The average molecular weight is 432 g/mol. The molecule has 1 saturated heterocycles. The Kier molecular flexibility index (Phi) is 3.97. The Hall–Kier alpha value is -2.38. The first-order valence-electron chi connectivity index (χ1n) is 10.0. The van der Waals surface area contributed by atoms with Crippen LogP contribution in [0, 0.1) is 17.3 Å². The van der Waals surface area contributed by atoms with Gasteiger partial charge >= 0.3 is 5.97 Å². The Morgan fingerprint density at radius 2 is 2.03 bits per heavy atom. The summed E-state index contributed by atoms with van der Waals surface area (Å²) in [6.07, 6.45) is 3.25. The van der Waals surface area contributed by atoms with Gasteiger partial charge in [0, 0.05) is 6.42 Å². The topological polar surface area (TPSA) is 105 Å². The van der Waals surface area contributed by atoms with Gasteiger partial charge in [-0.2, -0.15) is 0 Å². The van der Waals surface area contributed by atoms with Crippen LogP contribution in [0.3, 0.4) is 0 Å². The van der Waals surface area contributed by atoms with Crippen LogP contribution in [-0.4, -0.2) is 45.0 Å². The molecule has 3 unspecified atom stereocenters. The molecule has 158 valence electrons. The minimum atomic E-state index is -1.41. The number of rotatable bonds is 1. The van der Waals surface area contributed by atoms with Crippen molar-refractivity contribution in [2.75, 3.05) is 0 Å². The van der Waals surface area contributed by atoms with E-state index in [0.29, 0.717) is 29.1 Å². The van der Waals surface area contributed by atoms with Gasteiger partial charge in [-0.05, 0) is 50.0 Å². The first-order valence-corrected chi connectivity index (χ1v) is 10.4. The second kappa shape index (κ2) is 6.08. The number of allylic oxidation sites excluding steroid dienone is 1. The number of carbonyl (C=O) groups excluding carboxylic acids is 2. The van der Waals surface area contributed by atoms with Crippen molar-refractivity contribution in [1.29, 1.82) is 0 Å². The molecule has 0 amide bonds. The number of aromatic hydroxyl groups is 1. The number of ketones is 1. The van der Waals surface area contributed by atoms with Crippen molar-refractivity contribution in [3.8, 4) is 5.75 Å². The highest BCUT2D eigenvalue weighted by Crippen LogP contribution is 2.59. The third-order valence-electron chi connectivity index (χ3n) is 7.64. The van der Waals surface area contributed by atoms with E-state index in [1.807, 2.05) is 6.92 Å². The highest BCUT2D eigenvalue weighted by Gasteiger charge is 2.73. The Labute approximate surface area is 178 Å². The van der Waals surface area contributed by atoms with Crippen LogP contribution < -0.4 is 0 Å². The average Bonchev–Trinajstić information content (AvgIpc) is 3.31. The molecule has 30 heavy (non-hydrogen) atoms. The molecule has 0 radical (unpaired) electrons. The molecule has 7 nitrogen and oxygen atoms in total. The van der Waals surface area contributed by atoms with Crippen LogP contribution in [-0.2, 0) is 19.2 Å². The second-order valence-corrected chi connectivity index (χ2v) is 9.37. The first-order chi connectivity index (χ1) is 14.1. The highest BCUT2D eigenvalue weighted by atomic mass is 35.5. The summed E-state index contributed by atoms with van der Waals surface area (Å²) in [5.41, 5.74) is -3.45. The zero-order valence-electron chi connectivity index (χ0n) is 16.6. The number of phenolic OH excluding ortho intramolecular Hbond substituents is 1. The van der Waals surface area contributed by atoms with Crippen molar-refractivity contribution in [1.82, 2.24) is 0 Å². The zero-order valence-corrected chi connectivity index (χ0v) is 17.3. The molecule has 0 aromatic heterocycles. The van der Waals surface area contributed by atoms with Gasteiger partial charge in [-0.25, -0.2) is 4.79 Å². The van der Waals surface area contributed by atoms with Crippen LogP contribution in [0.5, 0.6) is 5.75 Å². The first kappa shape index (κ1) is 19.6. The van der Waals surface area contributed by atoms with Crippen LogP contribution in [0.4, 0.5) is 0 Å². The van der Waals surface area contributed by atoms with Crippen molar-refractivity contribution < 1.29 is 29.4 Å². The Balaban J connectivity index is 1.56. The van der Waals surface area contributed by atoms with Gasteiger partial charge in [-0.15, -0.1) is 0 Å². The molecule has 0 bridgehead atoms. The lowest BCUT2D eigenvalue weighted by molar-refractivity contribution is -0.169. The summed E-state index contributed by atoms with van der Waals surface area (Å²) in [7, 11) is 0. The van der Waals surface area contributed by atoms with E-state index in [9.17, 15) is 19.8 Å². The fraction of sp³-hybridized carbons (Fsp3) is 0.500. The van der Waals surface area contributed by atoms with E-state index >= 15 is 0 Å². The zero-order chi connectivity index (χ0) is 21.5. The molecule has 2 aliphatic heterocycles. The number of oxime groups is 1. The van der Waals surface area contributed by atoms with Gasteiger partial charge < -0.3 is 19.8 Å². The molecule has 5 rings (SSSR count). The Bertz CT molecular complexity index is 1020. The standard InChI is InChI=1S/C22H22ClNO6/c1-11-6-7-12-18(20(2)16(26)8-9-22(11,20)28)29-19(27)21(12)10-14(24-30-21)17-13(23)4-3-5-15(17)25/h3-5,8-9,11-12,18,25,28H,6-7,10H2,1-2H3/t11-,12?,18?,20-,21?,22+/m0/s1. The quantitative estimate of drug-likeness (QED) is 0.662. The maximum absolute atomic E-state index is 13.1. The van der Waals surface area contributed by atoms with Gasteiger partial charge in [0.05, 0.1) is 22.2 Å². The SMILES string of the molecule is C[C@H]1CCC2C(OC(=O)C23CC(c2c(O)cccc2Cl)=NO3)[C@]2(C)C(=O)C=C[C@@]12O. The summed E-state index contributed by atoms with van der Waals surface area (Å²) in [4.78, 5) is 31.8. The molecule has 1 aromatic rings. The molecule has 4 aliphatic rings. The number of fused-ring (bicyclic) bond motifs is 4. The molecule has 2 N–H and O–H groups in total. The minimum Gasteiger partial charge on any atom is -0.507 e. The number of benzene rings is 1. The fourth-order valence-corrected chi connectivity index (χ4v) is 6.01. The van der Waals surface area contributed by atoms with E-state index in [0.717, 1.165) is 0 Å². The van der Waals surface area contributed by atoms with Crippen LogP contribution in [0.1, 0.15) is 38.7 Å². The minimum absolute atomic E-state index is 0.0594. The van der Waals surface area contributed by atoms with E-state index in [2.05, 4.69) is 5.16 Å². The number of carbonyl (C=O) groups is 2. The largest absolute Gasteiger partial charge is 0.507 e. The van der Waals surface area contributed by atoms with Crippen molar-refractivity contribution in [2.45, 2.75) is 50.4 Å². The summed E-state index contributed by atoms with van der Waals surface area (Å²) in [5.74, 6) is -1.62. The Morgan fingerprint density at radius 3 is 2.77 bits per heavy atom. The van der Waals surface area contributed by atoms with Crippen molar-refractivity contribution >= 4 is 29.1 Å². The maximum atomic E-state index is 13.1. The van der Waals surface area contributed by atoms with E-state index in [-0.39, 0.29) is 23.9 Å². The van der Waals surface area contributed by atoms with E-state index in [1.54, 1.807) is 25.1 Å². The summed E-state index contributed by atoms with van der Waals surface area (Å²) in [6.45, 7) is 3.56. The van der Waals surface area contributed by atoms with E-state index in [1.165, 1.54) is 12.1 Å². The molecular formula is C22H22ClNO6. The predicted molar refractivity (Wildman–Crippen MR) is 107 cm³/mol. The summed E-state index contributed by atoms with van der Waals surface area (Å²) in [6, 6.07) is 4.72.